The van der Waals surface area contributed by atoms with Crippen molar-refractivity contribution in [1.29, 1.82) is 0 Å². The first kappa shape index (κ1) is 38.8. The molecular weight excluding hydrogens is 829 g/mol. The zero-order chi connectivity index (χ0) is 45.5. The summed E-state index contributed by atoms with van der Waals surface area (Å²) >= 11 is 0. The maximum Gasteiger partial charge on any atom is 0.198 e. The smallest absolute Gasteiger partial charge is 0.198 e. The van der Waals surface area contributed by atoms with Gasteiger partial charge in [0.2, 0.25) is 0 Å². The van der Waals surface area contributed by atoms with Crippen LogP contribution >= 0.6 is 0 Å². The summed E-state index contributed by atoms with van der Waals surface area (Å²) in [5.41, 5.74) is 22.3. The van der Waals surface area contributed by atoms with Gasteiger partial charge in [-0.2, -0.15) is 0 Å². The lowest BCUT2D eigenvalue weighted by Crippen LogP contribution is -2.15. The predicted octanol–water partition coefficient (Wildman–Crippen LogP) is 15.1. The first-order valence-electron chi connectivity index (χ1n) is 23.5. The SMILES string of the molecule is CC1(C)c2ccccc2-c2ccc3c(c21)c1nc(-c2ncc4c(n2)c2c5c(ccc2n4-c2ccc(-c4ccccc4)cc2)-c2ccccc2C5(C)C)ncc1n3-c1ccc(-c2ccccc2)cc1. The Morgan fingerprint density at radius 2 is 0.706 bits per heavy atom. The number of rotatable bonds is 5. The molecule has 0 spiro atoms. The van der Waals surface area contributed by atoms with E-state index in [-0.39, 0.29) is 10.8 Å². The van der Waals surface area contributed by atoms with Crippen molar-refractivity contribution in [3.8, 4) is 67.5 Å². The molecule has 322 valence electrons. The third-order valence-electron chi connectivity index (χ3n) is 15.0. The van der Waals surface area contributed by atoms with Crippen LogP contribution in [0.1, 0.15) is 49.9 Å². The van der Waals surface area contributed by atoms with E-state index in [9.17, 15) is 0 Å². The van der Waals surface area contributed by atoms with Crippen molar-refractivity contribution < 1.29 is 0 Å². The molecule has 0 aliphatic heterocycles. The summed E-state index contributed by atoms with van der Waals surface area (Å²) in [4.78, 5) is 21.4. The molecule has 0 saturated heterocycles. The zero-order valence-electron chi connectivity index (χ0n) is 38.2. The number of hydrogen-bond donors (Lipinski definition) is 0. The second kappa shape index (κ2) is 14.0. The van der Waals surface area contributed by atoms with E-state index in [1.165, 1.54) is 66.8 Å². The van der Waals surface area contributed by atoms with Gasteiger partial charge in [0, 0.05) is 33.0 Å². The Labute approximate surface area is 393 Å². The van der Waals surface area contributed by atoms with Crippen molar-refractivity contribution in [1.82, 2.24) is 29.1 Å². The molecule has 0 bridgehead atoms. The lowest BCUT2D eigenvalue weighted by atomic mass is 9.81. The molecule has 2 aliphatic carbocycles. The van der Waals surface area contributed by atoms with Crippen LogP contribution in [0.2, 0.25) is 0 Å². The molecule has 12 aromatic rings. The van der Waals surface area contributed by atoms with Gasteiger partial charge < -0.3 is 9.13 Å². The maximum absolute atomic E-state index is 5.55. The summed E-state index contributed by atoms with van der Waals surface area (Å²) in [6, 6.07) is 65.5. The zero-order valence-corrected chi connectivity index (χ0v) is 38.2. The monoisotopic (exact) mass is 872 g/mol. The van der Waals surface area contributed by atoms with Gasteiger partial charge >= 0.3 is 0 Å². The van der Waals surface area contributed by atoms with E-state index < -0.39 is 0 Å². The molecule has 0 fully saturated rings. The highest BCUT2D eigenvalue weighted by Crippen LogP contribution is 2.55. The maximum atomic E-state index is 5.55. The fourth-order valence-corrected chi connectivity index (χ4v) is 11.9. The van der Waals surface area contributed by atoms with Crippen LogP contribution in [-0.4, -0.2) is 29.1 Å². The van der Waals surface area contributed by atoms with Crippen LogP contribution < -0.4 is 0 Å². The Bertz CT molecular complexity index is 3780. The molecule has 0 N–H and O–H groups in total. The summed E-state index contributed by atoms with van der Waals surface area (Å²) < 4.78 is 4.65. The molecular formula is C62H44N6. The van der Waals surface area contributed by atoms with Gasteiger partial charge in [-0.05, 0) is 103 Å². The summed E-state index contributed by atoms with van der Waals surface area (Å²) in [6.07, 6.45) is 3.96. The Balaban J connectivity index is 1.01. The standard InChI is InChI=1S/C62H44N6/c1-61(2)47-21-13-11-19-43(47)45-31-33-49-53(55(45)61)57-51(67(49)41-27-23-39(24-28-41)37-15-7-5-8-16-37)35-63-59(65-57)60-64-36-52-58(66-60)54-50(34-32-46-44-20-12-14-22-48(44)62(3,4)56(46)54)68(52)42-29-25-40(26-30-42)38-17-9-6-10-18-38/h5-36H,1-4H3. The summed E-state index contributed by atoms with van der Waals surface area (Å²) in [5, 5.41) is 2.26. The van der Waals surface area contributed by atoms with Crippen molar-refractivity contribution >= 4 is 43.9 Å². The first-order chi connectivity index (χ1) is 33.3. The largest absolute Gasteiger partial charge is 0.306 e. The lowest BCUT2D eigenvalue weighted by Gasteiger charge is -2.22. The number of hydrogen-bond acceptors (Lipinski definition) is 4. The van der Waals surface area contributed by atoms with Crippen LogP contribution in [-0.2, 0) is 10.8 Å². The van der Waals surface area contributed by atoms with E-state index in [0.29, 0.717) is 11.6 Å². The minimum absolute atomic E-state index is 0.270. The van der Waals surface area contributed by atoms with E-state index in [1.807, 2.05) is 12.4 Å². The van der Waals surface area contributed by atoms with E-state index in [1.54, 1.807) is 0 Å². The van der Waals surface area contributed by atoms with Crippen molar-refractivity contribution in [3.05, 3.63) is 217 Å². The molecule has 0 radical (unpaired) electrons. The normalized spacial score (nSPS) is 14.1. The highest BCUT2D eigenvalue weighted by Gasteiger charge is 2.40. The average Bonchev–Trinajstić information content (AvgIpc) is 4.05. The van der Waals surface area contributed by atoms with Gasteiger partial charge in [-0.25, -0.2) is 19.9 Å². The van der Waals surface area contributed by atoms with Gasteiger partial charge in [0.15, 0.2) is 11.6 Å². The second-order valence-corrected chi connectivity index (χ2v) is 19.5. The Morgan fingerprint density at radius 1 is 0.338 bits per heavy atom. The molecule has 0 amide bonds. The van der Waals surface area contributed by atoms with Crippen LogP contribution in [0, 0.1) is 0 Å². The molecule has 6 nitrogen and oxygen atoms in total. The Morgan fingerprint density at radius 3 is 1.12 bits per heavy atom. The Kier molecular flexibility index (Phi) is 7.99. The van der Waals surface area contributed by atoms with Crippen LogP contribution in [0.5, 0.6) is 0 Å². The topological polar surface area (TPSA) is 61.4 Å². The van der Waals surface area contributed by atoms with Gasteiger partial charge in [0.05, 0.1) is 34.5 Å². The third kappa shape index (κ3) is 5.34. The van der Waals surface area contributed by atoms with Gasteiger partial charge in [0.1, 0.15) is 11.0 Å². The average molecular weight is 873 g/mol. The van der Waals surface area contributed by atoms with E-state index in [0.717, 1.165) is 55.2 Å². The fourth-order valence-electron chi connectivity index (χ4n) is 11.9. The van der Waals surface area contributed by atoms with E-state index in [4.69, 9.17) is 19.9 Å². The minimum atomic E-state index is -0.270. The Hall–Kier alpha value is -8.48. The fraction of sp³-hybridized carbons (Fsp3) is 0.0968. The van der Waals surface area contributed by atoms with E-state index >= 15 is 0 Å². The van der Waals surface area contributed by atoms with Crippen molar-refractivity contribution in [2.45, 2.75) is 38.5 Å². The lowest BCUT2D eigenvalue weighted by molar-refractivity contribution is 0.666. The highest BCUT2D eigenvalue weighted by atomic mass is 15.1. The number of benzene rings is 8. The van der Waals surface area contributed by atoms with Gasteiger partial charge in [-0.3, -0.25) is 0 Å². The first-order valence-corrected chi connectivity index (χ1v) is 23.5. The van der Waals surface area contributed by atoms with Crippen molar-refractivity contribution in [2.75, 3.05) is 0 Å². The van der Waals surface area contributed by atoms with Gasteiger partial charge in [-0.1, -0.05) is 173 Å². The molecule has 0 atom stereocenters. The molecule has 68 heavy (non-hydrogen) atoms. The summed E-state index contributed by atoms with van der Waals surface area (Å²) in [5.74, 6) is 0.985. The summed E-state index contributed by atoms with van der Waals surface area (Å²) in [7, 11) is 0. The molecule has 2 aliphatic rings. The van der Waals surface area contributed by atoms with Crippen LogP contribution in [0.25, 0.3) is 111 Å². The molecule has 8 aromatic carbocycles. The van der Waals surface area contributed by atoms with Crippen molar-refractivity contribution in [2.24, 2.45) is 0 Å². The van der Waals surface area contributed by atoms with Crippen molar-refractivity contribution in [3.63, 3.8) is 0 Å². The number of aromatic nitrogens is 6. The van der Waals surface area contributed by atoms with Gasteiger partial charge in [0.25, 0.3) is 0 Å². The van der Waals surface area contributed by atoms with Crippen LogP contribution in [0.15, 0.2) is 194 Å². The van der Waals surface area contributed by atoms with Crippen LogP contribution in [0.3, 0.4) is 0 Å². The molecule has 6 heteroatoms. The quantitative estimate of drug-likeness (QED) is 0.173. The molecule has 0 unspecified atom stereocenters. The highest BCUT2D eigenvalue weighted by molar-refractivity contribution is 6.14. The van der Waals surface area contributed by atoms with Gasteiger partial charge in [-0.15, -0.1) is 0 Å². The molecule has 0 saturated carbocycles. The van der Waals surface area contributed by atoms with Crippen LogP contribution in [0.4, 0.5) is 0 Å². The number of nitrogens with zero attached hydrogens (tertiary/aromatic N) is 6. The third-order valence-corrected chi connectivity index (χ3v) is 15.0. The molecule has 4 aromatic heterocycles. The second-order valence-electron chi connectivity index (χ2n) is 19.5. The summed E-state index contributed by atoms with van der Waals surface area (Å²) in [6.45, 7) is 9.38. The molecule has 4 heterocycles. The minimum Gasteiger partial charge on any atom is -0.306 e. The van der Waals surface area contributed by atoms with E-state index in [2.05, 4.69) is 219 Å². The predicted molar refractivity (Wildman–Crippen MR) is 278 cm³/mol. The molecule has 14 rings (SSSR count). The number of fused-ring (bicyclic) bond motifs is 14.